The van der Waals surface area contributed by atoms with E-state index in [2.05, 4.69) is 15.6 Å². The number of benzene rings is 1. The number of hydrogen-bond donors (Lipinski definition) is 2. The minimum atomic E-state index is -4.48. The van der Waals surface area contributed by atoms with Gasteiger partial charge >= 0.3 is 6.18 Å². The molecule has 5 nitrogen and oxygen atoms in total. The van der Waals surface area contributed by atoms with E-state index in [1.54, 1.807) is 0 Å². The van der Waals surface area contributed by atoms with Crippen LogP contribution in [-0.4, -0.2) is 43.0 Å². The van der Waals surface area contributed by atoms with Crippen LogP contribution in [0.3, 0.4) is 0 Å². The van der Waals surface area contributed by atoms with E-state index in [1.165, 1.54) is 36.5 Å². The fraction of sp³-hybridized carbons (Fsp3) is 0.333. The first-order valence-corrected chi connectivity index (χ1v) is 8.09. The van der Waals surface area contributed by atoms with E-state index in [4.69, 9.17) is 0 Å². The molecule has 1 heterocycles. The van der Waals surface area contributed by atoms with Crippen molar-refractivity contribution >= 4 is 17.4 Å². The molecule has 0 spiro atoms. The molecule has 0 bridgehead atoms. The zero-order chi connectivity index (χ0) is 19.2. The standard InChI is InChI=1S/C18H21F3N4O/c1-25(2)11-5-9-23-17(26)13-8-10-22-16(12-13)24-15-7-4-3-6-14(15)18(19,20)21/h3-4,6-8,10,12H,5,9,11H2,1-2H3,(H,22,24)(H,23,26). The summed E-state index contributed by atoms with van der Waals surface area (Å²) in [7, 11) is 3.89. The van der Waals surface area contributed by atoms with Crippen molar-refractivity contribution < 1.29 is 18.0 Å². The van der Waals surface area contributed by atoms with Gasteiger partial charge in [0.1, 0.15) is 5.82 Å². The van der Waals surface area contributed by atoms with Crippen molar-refractivity contribution in [2.24, 2.45) is 0 Å². The molecule has 140 valence electrons. The summed E-state index contributed by atoms with van der Waals surface area (Å²) in [6, 6.07) is 8.07. The fourth-order valence-electron chi connectivity index (χ4n) is 2.32. The molecule has 26 heavy (non-hydrogen) atoms. The molecule has 0 unspecified atom stereocenters. The van der Waals surface area contributed by atoms with Crippen LogP contribution in [0.2, 0.25) is 0 Å². The summed E-state index contributed by atoms with van der Waals surface area (Å²) in [5.74, 6) is -0.124. The third kappa shape index (κ3) is 5.73. The summed E-state index contributed by atoms with van der Waals surface area (Å²) in [5, 5.41) is 5.42. The van der Waals surface area contributed by atoms with Gasteiger partial charge in [-0.15, -0.1) is 0 Å². The Hall–Kier alpha value is -2.61. The van der Waals surface area contributed by atoms with Crippen molar-refractivity contribution in [2.45, 2.75) is 12.6 Å². The lowest BCUT2D eigenvalue weighted by molar-refractivity contribution is -0.136. The summed E-state index contributed by atoms with van der Waals surface area (Å²) < 4.78 is 39.2. The lowest BCUT2D eigenvalue weighted by atomic mass is 10.1. The Kier molecular flexibility index (Phi) is 6.57. The lowest BCUT2D eigenvalue weighted by Crippen LogP contribution is -2.27. The Morgan fingerprint density at radius 1 is 1.19 bits per heavy atom. The molecule has 8 heteroatoms. The molecule has 0 aliphatic rings. The first-order chi connectivity index (χ1) is 12.3. The van der Waals surface area contributed by atoms with Crippen LogP contribution in [0.25, 0.3) is 0 Å². The number of para-hydroxylation sites is 1. The maximum Gasteiger partial charge on any atom is 0.418 e. The minimum Gasteiger partial charge on any atom is -0.352 e. The van der Waals surface area contributed by atoms with Crippen molar-refractivity contribution in [3.63, 3.8) is 0 Å². The average molecular weight is 366 g/mol. The van der Waals surface area contributed by atoms with Gasteiger partial charge in [-0.3, -0.25) is 4.79 Å². The molecule has 0 radical (unpaired) electrons. The van der Waals surface area contributed by atoms with Gasteiger partial charge in [0.2, 0.25) is 0 Å². The summed E-state index contributed by atoms with van der Waals surface area (Å²) >= 11 is 0. The van der Waals surface area contributed by atoms with Crippen molar-refractivity contribution in [3.8, 4) is 0 Å². The van der Waals surface area contributed by atoms with Gasteiger partial charge in [-0.05, 0) is 51.3 Å². The number of alkyl halides is 3. The highest BCUT2D eigenvalue weighted by atomic mass is 19.4. The molecule has 2 N–H and O–H groups in total. The van der Waals surface area contributed by atoms with E-state index in [1.807, 2.05) is 19.0 Å². The van der Waals surface area contributed by atoms with E-state index in [-0.39, 0.29) is 17.4 Å². The molecule has 0 saturated carbocycles. The highest BCUT2D eigenvalue weighted by Crippen LogP contribution is 2.35. The van der Waals surface area contributed by atoms with Crippen LogP contribution < -0.4 is 10.6 Å². The van der Waals surface area contributed by atoms with Gasteiger partial charge in [0.25, 0.3) is 5.91 Å². The van der Waals surface area contributed by atoms with Gasteiger partial charge in [-0.1, -0.05) is 12.1 Å². The summed E-state index contributed by atoms with van der Waals surface area (Å²) in [6.07, 6.45) is -2.30. The molecule has 2 rings (SSSR count). The van der Waals surface area contributed by atoms with Crippen LogP contribution in [-0.2, 0) is 6.18 Å². The summed E-state index contributed by atoms with van der Waals surface area (Å²) in [5.41, 5.74) is -0.576. The fourth-order valence-corrected chi connectivity index (χ4v) is 2.32. The summed E-state index contributed by atoms with van der Waals surface area (Å²) in [6.45, 7) is 1.36. The predicted molar refractivity (Wildman–Crippen MR) is 94.5 cm³/mol. The monoisotopic (exact) mass is 366 g/mol. The maximum atomic E-state index is 13.1. The molecule has 1 amide bonds. The van der Waals surface area contributed by atoms with Gasteiger partial charge < -0.3 is 15.5 Å². The number of nitrogens with zero attached hydrogens (tertiary/aromatic N) is 2. The van der Waals surface area contributed by atoms with Crippen molar-refractivity contribution in [1.29, 1.82) is 0 Å². The molecule has 2 aromatic rings. The lowest BCUT2D eigenvalue weighted by Gasteiger charge is -2.14. The van der Waals surface area contributed by atoms with Crippen LogP contribution in [0.1, 0.15) is 22.3 Å². The molecule has 0 aliphatic heterocycles. The largest absolute Gasteiger partial charge is 0.418 e. The van der Waals surface area contributed by atoms with Crippen LogP contribution in [0.5, 0.6) is 0 Å². The van der Waals surface area contributed by atoms with E-state index in [9.17, 15) is 18.0 Å². The zero-order valence-corrected chi connectivity index (χ0v) is 14.6. The Labute approximate surface area is 150 Å². The normalized spacial score (nSPS) is 11.5. The van der Waals surface area contributed by atoms with E-state index in [0.717, 1.165) is 19.0 Å². The molecule has 1 aromatic heterocycles. The number of amides is 1. The van der Waals surface area contributed by atoms with E-state index >= 15 is 0 Å². The number of nitrogens with one attached hydrogen (secondary N) is 2. The molecule has 0 aliphatic carbocycles. The Balaban J connectivity index is 2.07. The number of rotatable bonds is 7. The SMILES string of the molecule is CN(C)CCCNC(=O)c1ccnc(Nc2ccccc2C(F)(F)F)c1. The van der Waals surface area contributed by atoms with Gasteiger partial charge in [-0.2, -0.15) is 13.2 Å². The second-order valence-electron chi connectivity index (χ2n) is 6.01. The molecule has 0 fully saturated rings. The van der Waals surface area contributed by atoms with Crippen molar-refractivity contribution in [1.82, 2.24) is 15.2 Å². The first-order valence-electron chi connectivity index (χ1n) is 8.09. The highest BCUT2D eigenvalue weighted by molar-refractivity contribution is 5.94. The second kappa shape index (κ2) is 8.66. The van der Waals surface area contributed by atoms with Crippen LogP contribution in [0.4, 0.5) is 24.7 Å². The van der Waals surface area contributed by atoms with Crippen LogP contribution in [0, 0.1) is 0 Å². The molecule has 0 saturated heterocycles. The zero-order valence-electron chi connectivity index (χ0n) is 14.6. The number of halogens is 3. The van der Waals surface area contributed by atoms with Crippen LogP contribution in [0.15, 0.2) is 42.6 Å². The van der Waals surface area contributed by atoms with Crippen molar-refractivity contribution in [2.75, 3.05) is 32.5 Å². The van der Waals surface area contributed by atoms with Crippen LogP contribution >= 0.6 is 0 Å². The molecular formula is C18H21F3N4O. The van der Waals surface area contributed by atoms with Crippen molar-refractivity contribution in [3.05, 3.63) is 53.7 Å². The first kappa shape index (κ1) is 19.7. The second-order valence-corrected chi connectivity index (χ2v) is 6.01. The third-order valence-corrected chi connectivity index (χ3v) is 3.58. The number of aromatic nitrogens is 1. The van der Waals surface area contributed by atoms with Gasteiger partial charge in [0, 0.05) is 18.3 Å². The number of carbonyl (C=O) groups is 1. The quantitative estimate of drug-likeness (QED) is 0.736. The number of anilines is 2. The molecular weight excluding hydrogens is 345 g/mol. The Bertz CT molecular complexity index is 747. The van der Waals surface area contributed by atoms with Gasteiger partial charge in [0.15, 0.2) is 0 Å². The van der Waals surface area contributed by atoms with Gasteiger partial charge in [-0.25, -0.2) is 4.98 Å². The minimum absolute atomic E-state index is 0.115. The van der Waals surface area contributed by atoms with E-state index < -0.39 is 11.7 Å². The molecule has 0 atom stereocenters. The highest BCUT2D eigenvalue weighted by Gasteiger charge is 2.33. The topological polar surface area (TPSA) is 57.3 Å². The smallest absolute Gasteiger partial charge is 0.352 e. The predicted octanol–water partition coefficient (Wildman–Crippen LogP) is 3.53. The Morgan fingerprint density at radius 3 is 2.62 bits per heavy atom. The number of carbonyl (C=O) groups excluding carboxylic acids is 1. The number of pyridine rings is 1. The molecule has 1 aromatic carbocycles. The third-order valence-electron chi connectivity index (χ3n) is 3.58. The Morgan fingerprint density at radius 2 is 1.92 bits per heavy atom. The maximum absolute atomic E-state index is 13.1. The average Bonchev–Trinajstić information content (AvgIpc) is 2.58. The van der Waals surface area contributed by atoms with E-state index in [0.29, 0.717) is 12.1 Å². The summed E-state index contributed by atoms with van der Waals surface area (Å²) in [4.78, 5) is 18.2. The number of hydrogen-bond acceptors (Lipinski definition) is 4. The van der Waals surface area contributed by atoms with Gasteiger partial charge in [0.05, 0.1) is 11.3 Å².